The first-order valence-corrected chi connectivity index (χ1v) is 6.43. The van der Waals surface area contributed by atoms with E-state index in [-0.39, 0.29) is 0 Å². The molecule has 0 aliphatic heterocycles. The van der Waals surface area contributed by atoms with Gasteiger partial charge in [0.25, 0.3) is 0 Å². The number of aryl methyl sites for hydroxylation is 1. The van der Waals surface area contributed by atoms with Gasteiger partial charge in [-0.3, -0.25) is 0 Å². The first-order chi connectivity index (χ1) is 9.10. The highest BCUT2D eigenvalue weighted by molar-refractivity contribution is 7.99. The molecule has 0 aliphatic carbocycles. The summed E-state index contributed by atoms with van der Waals surface area (Å²) in [6.07, 6.45) is 1.63. The van der Waals surface area contributed by atoms with Gasteiger partial charge in [-0.15, -0.1) is 0 Å². The number of benzene rings is 1. The van der Waals surface area contributed by atoms with Crippen LogP contribution in [0.4, 0.5) is 0 Å². The third-order valence-electron chi connectivity index (χ3n) is 2.61. The maximum absolute atomic E-state index is 11.1. The van der Waals surface area contributed by atoms with Gasteiger partial charge >= 0.3 is 5.97 Å². The number of carboxylic acid groups (broad SMARTS) is 1. The zero-order valence-electron chi connectivity index (χ0n) is 10.6. The SMILES string of the molecule is COc1ccc(Sc2ccc(C)c(C(=O)O)c2)nc1. The topological polar surface area (TPSA) is 59.4 Å². The summed E-state index contributed by atoms with van der Waals surface area (Å²) in [6, 6.07) is 9.01. The molecule has 0 radical (unpaired) electrons. The molecule has 0 saturated carbocycles. The molecule has 5 heteroatoms. The van der Waals surface area contributed by atoms with Crippen LogP contribution in [0.2, 0.25) is 0 Å². The Morgan fingerprint density at radius 3 is 2.68 bits per heavy atom. The lowest BCUT2D eigenvalue weighted by Gasteiger charge is -2.05. The Morgan fingerprint density at radius 1 is 1.32 bits per heavy atom. The summed E-state index contributed by atoms with van der Waals surface area (Å²) in [5, 5.41) is 9.88. The lowest BCUT2D eigenvalue weighted by molar-refractivity contribution is 0.0696. The van der Waals surface area contributed by atoms with E-state index in [1.165, 1.54) is 11.8 Å². The molecule has 1 N–H and O–H groups in total. The van der Waals surface area contributed by atoms with Gasteiger partial charge in [0, 0.05) is 4.90 Å². The number of aromatic nitrogens is 1. The van der Waals surface area contributed by atoms with Crippen molar-refractivity contribution in [2.45, 2.75) is 16.8 Å². The van der Waals surface area contributed by atoms with Crippen molar-refractivity contribution in [3.8, 4) is 5.75 Å². The summed E-state index contributed by atoms with van der Waals surface area (Å²) >= 11 is 1.42. The molecule has 0 bridgehead atoms. The Bertz CT molecular complexity index is 596. The van der Waals surface area contributed by atoms with Crippen molar-refractivity contribution in [3.05, 3.63) is 47.7 Å². The number of aromatic carboxylic acids is 1. The monoisotopic (exact) mass is 275 g/mol. The Kier molecular flexibility index (Phi) is 4.06. The molecule has 98 valence electrons. The Hall–Kier alpha value is -2.01. The predicted molar refractivity (Wildman–Crippen MR) is 73.1 cm³/mol. The number of methoxy groups -OCH3 is 1. The van der Waals surface area contributed by atoms with Gasteiger partial charge in [0.1, 0.15) is 10.8 Å². The third-order valence-corrected chi connectivity index (χ3v) is 3.55. The smallest absolute Gasteiger partial charge is 0.335 e. The van der Waals surface area contributed by atoms with E-state index in [1.54, 1.807) is 32.4 Å². The fourth-order valence-corrected chi connectivity index (χ4v) is 2.36. The zero-order valence-corrected chi connectivity index (χ0v) is 11.4. The van der Waals surface area contributed by atoms with Crippen molar-refractivity contribution >= 4 is 17.7 Å². The van der Waals surface area contributed by atoms with Crippen molar-refractivity contribution in [1.29, 1.82) is 0 Å². The first-order valence-electron chi connectivity index (χ1n) is 5.62. The van der Waals surface area contributed by atoms with Gasteiger partial charge < -0.3 is 9.84 Å². The number of hydrogen-bond acceptors (Lipinski definition) is 4. The standard InChI is InChI=1S/C14H13NO3S/c1-9-3-5-11(7-12(9)14(16)17)19-13-6-4-10(18-2)8-15-13/h3-8H,1-2H3,(H,16,17). The maximum Gasteiger partial charge on any atom is 0.335 e. The summed E-state index contributed by atoms with van der Waals surface area (Å²) < 4.78 is 5.04. The average molecular weight is 275 g/mol. The molecular weight excluding hydrogens is 262 g/mol. The van der Waals surface area contributed by atoms with Crippen molar-refractivity contribution in [2.24, 2.45) is 0 Å². The van der Waals surface area contributed by atoms with Gasteiger partial charge in [0.2, 0.25) is 0 Å². The largest absolute Gasteiger partial charge is 0.495 e. The van der Waals surface area contributed by atoms with Crippen LogP contribution in [0.3, 0.4) is 0 Å². The molecule has 0 saturated heterocycles. The summed E-state index contributed by atoms with van der Waals surface area (Å²) in [5.74, 6) is -0.220. The van der Waals surface area contributed by atoms with Crippen LogP contribution in [0.15, 0.2) is 46.5 Å². The Balaban J connectivity index is 2.22. The van der Waals surface area contributed by atoms with Gasteiger partial charge in [-0.1, -0.05) is 17.8 Å². The third kappa shape index (κ3) is 3.26. The summed E-state index contributed by atoms with van der Waals surface area (Å²) in [6.45, 7) is 1.78. The highest BCUT2D eigenvalue weighted by Crippen LogP contribution is 2.28. The molecule has 4 nitrogen and oxygen atoms in total. The molecule has 0 aliphatic rings. The summed E-state index contributed by atoms with van der Waals surface area (Å²) in [4.78, 5) is 16.1. The second-order valence-corrected chi connectivity index (χ2v) is 5.01. The molecule has 0 unspecified atom stereocenters. The quantitative estimate of drug-likeness (QED) is 0.928. The van der Waals surface area contributed by atoms with Gasteiger partial charge in [-0.05, 0) is 36.8 Å². The molecule has 0 spiro atoms. The van der Waals surface area contributed by atoms with Crippen LogP contribution in [0.1, 0.15) is 15.9 Å². The van der Waals surface area contributed by atoms with Crippen molar-refractivity contribution in [2.75, 3.05) is 7.11 Å². The number of carbonyl (C=O) groups is 1. The normalized spacial score (nSPS) is 10.2. The summed E-state index contributed by atoms with van der Waals surface area (Å²) in [7, 11) is 1.59. The van der Waals surface area contributed by atoms with E-state index >= 15 is 0 Å². The van der Waals surface area contributed by atoms with E-state index < -0.39 is 5.97 Å². The van der Waals surface area contributed by atoms with E-state index in [1.807, 2.05) is 18.2 Å². The number of rotatable bonds is 4. The van der Waals surface area contributed by atoms with Crippen molar-refractivity contribution in [1.82, 2.24) is 4.98 Å². The molecule has 2 rings (SSSR count). The predicted octanol–water partition coefficient (Wildman–Crippen LogP) is 3.25. The average Bonchev–Trinajstić information content (AvgIpc) is 2.41. The molecule has 1 heterocycles. The molecule has 0 amide bonds. The Morgan fingerprint density at radius 2 is 2.11 bits per heavy atom. The molecule has 2 aromatic rings. The first kappa shape index (κ1) is 13.4. The van der Waals surface area contributed by atoms with E-state index in [9.17, 15) is 4.79 Å². The molecule has 19 heavy (non-hydrogen) atoms. The fraction of sp³-hybridized carbons (Fsp3) is 0.143. The lowest BCUT2D eigenvalue weighted by Crippen LogP contribution is -1.99. The lowest BCUT2D eigenvalue weighted by atomic mass is 10.1. The number of ether oxygens (including phenoxy) is 1. The van der Waals surface area contributed by atoms with E-state index in [2.05, 4.69) is 4.98 Å². The van der Waals surface area contributed by atoms with Crippen LogP contribution in [-0.4, -0.2) is 23.2 Å². The Labute approximate surface area is 115 Å². The van der Waals surface area contributed by atoms with E-state index in [0.29, 0.717) is 11.3 Å². The van der Waals surface area contributed by atoms with Crippen molar-refractivity contribution < 1.29 is 14.6 Å². The fourth-order valence-electron chi connectivity index (χ4n) is 1.56. The van der Waals surface area contributed by atoms with E-state index in [4.69, 9.17) is 9.84 Å². The van der Waals surface area contributed by atoms with Crippen LogP contribution in [-0.2, 0) is 0 Å². The van der Waals surface area contributed by atoms with Crippen LogP contribution >= 0.6 is 11.8 Å². The number of carboxylic acids is 1. The number of nitrogens with zero attached hydrogens (tertiary/aromatic N) is 1. The molecular formula is C14H13NO3S. The van der Waals surface area contributed by atoms with Crippen molar-refractivity contribution in [3.63, 3.8) is 0 Å². The number of pyridine rings is 1. The van der Waals surface area contributed by atoms with Gasteiger partial charge in [-0.25, -0.2) is 9.78 Å². The highest BCUT2D eigenvalue weighted by atomic mass is 32.2. The van der Waals surface area contributed by atoms with E-state index in [0.717, 1.165) is 15.5 Å². The van der Waals surface area contributed by atoms with Crippen LogP contribution in [0.25, 0.3) is 0 Å². The van der Waals surface area contributed by atoms with Gasteiger partial charge in [-0.2, -0.15) is 0 Å². The van der Waals surface area contributed by atoms with Crippen LogP contribution in [0.5, 0.6) is 5.75 Å². The van der Waals surface area contributed by atoms with Gasteiger partial charge in [0.05, 0.1) is 18.9 Å². The second-order valence-electron chi connectivity index (χ2n) is 3.92. The maximum atomic E-state index is 11.1. The van der Waals surface area contributed by atoms with Crippen LogP contribution < -0.4 is 4.74 Å². The molecule has 0 atom stereocenters. The van der Waals surface area contributed by atoms with Crippen LogP contribution in [0, 0.1) is 6.92 Å². The zero-order chi connectivity index (χ0) is 13.8. The second kappa shape index (κ2) is 5.75. The highest BCUT2D eigenvalue weighted by Gasteiger charge is 2.09. The number of hydrogen-bond donors (Lipinski definition) is 1. The molecule has 0 fully saturated rings. The minimum absolute atomic E-state index is 0.318. The van der Waals surface area contributed by atoms with Gasteiger partial charge in [0.15, 0.2) is 0 Å². The minimum Gasteiger partial charge on any atom is -0.495 e. The summed E-state index contributed by atoms with van der Waals surface area (Å²) in [5.41, 5.74) is 1.07. The molecule has 1 aromatic heterocycles. The molecule has 1 aromatic carbocycles. The minimum atomic E-state index is -0.914.